The number of carbonyl (C=O) groups is 1. The van der Waals surface area contributed by atoms with Crippen LogP contribution in [0, 0.1) is 0 Å². The van der Waals surface area contributed by atoms with Gasteiger partial charge in [0, 0.05) is 16.5 Å². The summed E-state index contributed by atoms with van der Waals surface area (Å²) in [6, 6.07) is 5.01. The summed E-state index contributed by atoms with van der Waals surface area (Å²) in [5.74, 6) is 0.495. The van der Waals surface area contributed by atoms with Gasteiger partial charge < -0.3 is 9.88 Å². The first kappa shape index (κ1) is 13.0. The topological polar surface area (TPSA) is 59.8 Å². The van der Waals surface area contributed by atoms with Gasteiger partial charge in [-0.15, -0.1) is 10.2 Å². The Kier molecular flexibility index (Phi) is 3.98. The number of amides is 1. The molecule has 0 radical (unpaired) electrons. The molecular weight excluding hydrogens is 320 g/mol. The highest BCUT2D eigenvalue weighted by Gasteiger charge is 2.11. The highest BCUT2D eigenvalue weighted by Crippen LogP contribution is 2.21. The Labute approximate surface area is 117 Å². The molecule has 0 atom stereocenters. The molecule has 0 aliphatic carbocycles. The minimum Gasteiger partial charge on any atom is -0.345 e. The summed E-state index contributed by atoms with van der Waals surface area (Å²) in [5, 5.41) is 11.0. The van der Waals surface area contributed by atoms with Crippen LogP contribution in [0.15, 0.2) is 29.0 Å². The number of benzene rings is 1. The third kappa shape index (κ3) is 2.88. The summed E-state index contributed by atoms with van der Waals surface area (Å²) < 4.78 is 2.41. The summed E-state index contributed by atoms with van der Waals surface area (Å²) in [6.07, 6.45) is 1.58. The van der Waals surface area contributed by atoms with Crippen molar-refractivity contribution in [3.05, 3.63) is 45.4 Å². The van der Waals surface area contributed by atoms with Crippen LogP contribution in [0.5, 0.6) is 0 Å². The Morgan fingerprint density at radius 3 is 2.94 bits per heavy atom. The van der Waals surface area contributed by atoms with Crippen molar-refractivity contribution in [1.82, 2.24) is 20.1 Å². The molecule has 5 nitrogen and oxygen atoms in total. The van der Waals surface area contributed by atoms with Crippen molar-refractivity contribution in [2.75, 3.05) is 0 Å². The summed E-state index contributed by atoms with van der Waals surface area (Å²) in [6.45, 7) is 0.324. The van der Waals surface area contributed by atoms with Gasteiger partial charge in [-0.05, 0) is 34.1 Å². The van der Waals surface area contributed by atoms with Crippen LogP contribution in [0.3, 0.4) is 0 Å². The van der Waals surface area contributed by atoms with E-state index in [4.69, 9.17) is 11.6 Å². The molecule has 18 heavy (non-hydrogen) atoms. The molecule has 0 unspecified atom stereocenters. The lowest BCUT2D eigenvalue weighted by atomic mass is 10.2. The van der Waals surface area contributed by atoms with Gasteiger partial charge in [-0.2, -0.15) is 0 Å². The number of aromatic nitrogens is 3. The SMILES string of the molecule is Cn1cnnc1CNC(=O)c1ccc(Cl)cc1Br. The Bertz CT molecular complexity index is 584. The van der Waals surface area contributed by atoms with Crippen LogP contribution in [0.25, 0.3) is 0 Å². The maximum atomic E-state index is 11.9. The summed E-state index contributed by atoms with van der Waals surface area (Å²) >= 11 is 9.12. The minimum atomic E-state index is -0.193. The van der Waals surface area contributed by atoms with E-state index in [0.717, 1.165) is 0 Å². The minimum absolute atomic E-state index is 0.193. The molecule has 0 saturated carbocycles. The summed E-state index contributed by atoms with van der Waals surface area (Å²) in [5.41, 5.74) is 0.529. The van der Waals surface area contributed by atoms with Crippen molar-refractivity contribution < 1.29 is 4.79 Å². The summed E-state index contributed by atoms with van der Waals surface area (Å²) in [7, 11) is 1.82. The van der Waals surface area contributed by atoms with E-state index in [9.17, 15) is 4.79 Å². The highest BCUT2D eigenvalue weighted by atomic mass is 79.9. The van der Waals surface area contributed by atoms with E-state index in [1.807, 2.05) is 7.05 Å². The van der Waals surface area contributed by atoms with Crippen LogP contribution in [0.4, 0.5) is 0 Å². The number of hydrogen-bond acceptors (Lipinski definition) is 3. The number of nitrogens with zero attached hydrogens (tertiary/aromatic N) is 3. The average molecular weight is 330 g/mol. The monoisotopic (exact) mass is 328 g/mol. The van der Waals surface area contributed by atoms with Crippen LogP contribution in [0.2, 0.25) is 5.02 Å². The Hall–Kier alpha value is -1.40. The molecule has 1 amide bonds. The highest BCUT2D eigenvalue weighted by molar-refractivity contribution is 9.10. The van der Waals surface area contributed by atoms with Crippen LogP contribution >= 0.6 is 27.5 Å². The Morgan fingerprint density at radius 2 is 2.33 bits per heavy atom. The second-order valence-electron chi connectivity index (χ2n) is 3.66. The van der Waals surface area contributed by atoms with Crippen molar-refractivity contribution in [2.45, 2.75) is 6.54 Å². The zero-order valence-corrected chi connectivity index (χ0v) is 11.9. The van der Waals surface area contributed by atoms with Crippen molar-refractivity contribution in [1.29, 1.82) is 0 Å². The molecule has 2 aromatic rings. The van der Waals surface area contributed by atoms with Crippen LogP contribution in [-0.2, 0) is 13.6 Å². The lowest BCUT2D eigenvalue weighted by Crippen LogP contribution is -2.24. The predicted molar refractivity (Wildman–Crippen MR) is 71.3 cm³/mol. The molecular formula is C11H10BrClN4O. The van der Waals surface area contributed by atoms with Gasteiger partial charge in [-0.25, -0.2) is 0 Å². The third-order valence-corrected chi connectivity index (χ3v) is 3.28. The molecule has 0 bridgehead atoms. The molecule has 0 fully saturated rings. The Balaban J connectivity index is 2.06. The van der Waals surface area contributed by atoms with Gasteiger partial charge in [-0.1, -0.05) is 11.6 Å². The van der Waals surface area contributed by atoms with Gasteiger partial charge in [-0.3, -0.25) is 4.79 Å². The fourth-order valence-corrected chi connectivity index (χ4v) is 2.26. The van der Waals surface area contributed by atoms with Crippen LogP contribution in [0.1, 0.15) is 16.2 Å². The van der Waals surface area contributed by atoms with E-state index in [1.165, 1.54) is 0 Å². The maximum Gasteiger partial charge on any atom is 0.252 e. The molecule has 0 saturated heterocycles. The van der Waals surface area contributed by atoms with E-state index in [2.05, 4.69) is 31.4 Å². The normalized spacial score (nSPS) is 10.4. The molecule has 1 N–H and O–H groups in total. The number of nitrogens with one attached hydrogen (secondary N) is 1. The van der Waals surface area contributed by atoms with Gasteiger partial charge in [0.2, 0.25) is 0 Å². The van der Waals surface area contributed by atoms with Gasteiger partial charge in [0.05, 0.1) is 12.1 Å². The summed E-state index contributed by atoms with van der Waals surface area (Å²) in [4.78, 5) is 11.9. The molecule has 2 rings (SSSR count). The molecule has 1 heterocycles. The van der Waals surface area contributed by atoms with Crippen molar-refractivity contribution in [3.8, 4) is 0 Å². The fourth-order valence-electron chi connectivity index (χ4n) is 1.40. The maximum absolute atomic E-state index is 11.9. The largest absolute Gasteiger partial charge is 0.345 e. The zero-order chi connectivity index (χ0) is 13.1. The standard InChI is InChI=1S/C11H10BrClN4O/c1-17-6-15-16-10(17)5-14-11(18)8-3-2-7(13)4-9(8)12/h2-4,6H,5H2,1H3,(H,14,18). The number of rotatable bonds is 3. The second-order valence-corrected chi connectivity index (χ2v) is 4.96. The van der Waals surface area contributed by atoms with E-state index in [1.54, 1.807) is 29.1 Å². The molecule has 7 heteroatoms. The third-order valence-electron chi connectivity index (χ3n) is 2.39. The molecule has 0 spiro atoms. The predicted octanol–water partition coefficient (Wildman–Crippen LogP) is 2.16. The number of aryl methyl sites for hydroxylation is 1. The molecule has 0 aliphatic rings. The number of carbonyl (C=O) groups excluding carboxylic acids is 1. The van der Waals surface area contributed by atoms with E-state index < -0.39 is 0 Å². The van der Waals surface area contributed by atoms with Crippen molar-refractivity contribution >= 4 is 33.4 Å². The lowest BCUT2D eigenvalue weighted by Gasteiger charge is -2.06. The van der Waals surface area contributed by atoms with Crippen LogP contribution in [-0.4, -0.2) is 20.7 Å². The smallest absolute Gasteiger partial charge is 0.252 e. The zero-order valence-electron chi connectivity index (χ0n) is 9.52. The van der Waals surface area contributed by atoms with E-state index in [0.29, 0.717) is 27.4 Å². The van der Waals surface area contributed by atoms with Gasteiger partial charge in [0.1, 0.15) is 6.33 Å². The van der Waals surface area contributed by atoms with Crippen LogP contribution < -0.4 is 5.32 Å². The van der Waals surface area contributed by atoms with Crippen molar-refractivity contribution in [3.63, 3.8) is 0 Å². The van der Waals surface area contributed by atoms with Gasteiger partial charge in [0.15, 0.2) is 5.82 Å². The molecule has 94 valence electrons. The lowest BCUT2D eigenvalue weighted by molar-refractivity contribution is 0.0949. The molecule has 1 aromatic carbocycles. The fraction of sp³-hybridized carbons (Fsp3) is 0.182. The first-order valence-electron chi connectivity index (χ1n) is 5.14. The second kappa shape index (κ2) is 5.49. The first-order chi connectivity index (χ1) is 8.58. The van der Waals surface area contributed by atoms with Gasteiger partial charge in [0.25, 0.3) is 5.91 Å². The molecule has 0 aliphatic heterocycles. The number of hydrogen-bond donors (Lipinski definition) is 1. The van der Waals surface area contributed by atoms with E-state index >= 15 is 0 Å². The quantitative estimate of drug-likeness (QED) is 0.939. The van der Waals surface area contributed by atoms with Gasteiger partial charge >= 0.3 is 0 Å². The first-order valence-corrected chi connectivity index (χ1v) is 6.31. The Morgan fingerprint density at radius 1 is 1.56 bits per heavy atom. The average Bonchev–Trinajstić information content (AvgIpc) is 2.72. The van der Waals surface area contributed by atoms with Crippen molar-refractivity contribution in [2.24, 2.45) is 7.05 Å². The van der Waals surface area contributed by atoms with E-state index in [-0.39, 0.29) is 5.91 Å². The number of halogens is 2. The molecule has 1 aromatic heterocycles.